The molecule has 1 unspecified atom stereocenters. The van der Waals surface area contributed by atoms with Crippen molar-refractivity contribution in [2.24, 2.45) is 0 Å². The van der Waals surface area contributed by atoms with Crippen LogP contribution in [-0.2, 0) is 4.79 Å². The van der Waals surface area contributed by atoms with Gasteiger partial charge in [-0.25, -0.2) is 0 Å². The second-order valence-electron chi connectivity index (χ2n) is 4.04. The normalized spacial score (nSPS) is 11.7. The summed E-state index contributed by atoms with van der Waals surface area (Å²) in [4.78, 5) is 21.5. The molecule has 0 aliphatic carbocycles. The average Bonchev–Trinajstić information content (AvgIpc) is 2.36. The lowest BCUT2D eigenvalue weighted by Gasteiger charge is -2.12. The van der Waals surface area contributed by atoms with Gasteiger partial charge >= 0.3 is 0 Å². The van der Waals surface area contributed by atoms with Crippen LogP contribution in [0.4, 0.5) is 5.69 Å². The molecule has 0 heterocycles. The highest BCUT2D eigenvalue weighted by atomic mass is 35.5. The number of nitro groups is 1. The first-order valence-electron chi connectivity index (χ1n) is 5.80. The summed E-state index contributed by atoms with van der Waals surface area (Å²) in [5.41, 5.74) is -0.124. The summed E-state index contributed by atoms with van der Waals surface area (Å²) in [6, 6.07) is 3.90. The highest BCUT2D eigenvalue weighted by molar-refractivity contribution is 6.32. The van der Waals surface area contributed by atoms with Crippen LogP contribution in [0.2, 0.25) is 5.02 Å². The molecular formula is C12H15ClN2O4. The van der Waals surface area contributed by atoms with Crippen molar-refractivity contribution in [2.75, 3.05) is 6.61 Å². The Balaban J connectivity index is 2.59. The number of hydrogen-bond donors (Lipinski definition) is 1. The molecule has 1 rings (SSSR count). The monoisotopic (exact) mass is 286 g/mol. The standard InChI is InChI=1S/C12H15ClN2O4/c1-3-8(2)14-12(16)7-19-11-5-4-9(15(17)18)6-10(11)13/h4-6,8H,3,7H2,1-2H3,(H,14,16). The minimum absolute atomic E-state index is 0.0726. The molecule has 0 aliphatic rings. The van der Waals surface area contributed by atoms with E-state index in [9.17, 15) is 14.9 Å². The summed E-state index contributed by atoms with van der Waals surface area (Å²) in [5, 5.41) is 13.4. The van der Waals surface area contributed by atoms with E-state index < -0.39 is 4.92 Å². The van der Waals surface area contributed by atoms with Crippen molar-refractivity contribution in [3.8, 4) is 5.75 Å². The topological polar surface area (TPSA) is 81.5 Å². The van der Waals surface area contributed by atoms with E-state index in [2.05, 4.69) is 5.32 Å². The number of benzene rings is 1. The van der Waals surface area contributed by atoms with Gasteiger partial charge in [0.2, 0.25) is 0 Å². The summed E-state index contributed by atoms with van der Waals surface area (Å²) >= 11 is 5.83. The van der Waals surface area contributed by atoms with Crippen LogP contribution in [0.3, 0.4) is 0 Å². The van der Waals surface area contributed by atoms with Crippen LogP contribution in [0.5, 0.6) is 5.75 Å². The Labute approximate surface area is 115 Å². The Morgan fingerprint density at radius 1 is 1.58 bits per heavy atom. The van der Waals surface area contributed by atoms with Crippen LogP contribution in [0, 0.1) is 10.1 Å². The zero-order valence-corrected chi connectivity index (χ0v) is 11.4. The van der Waals surface area contributed by atoms with Gasteiger partial charge in [0, 0.05) is 18.2 Å². The average molecular weight is 287 g/mol. The van der Waals surface area contributed by atoms with Crippen LogP contribution < -0.4 is 10.1 Å². The molecule has 7 heteroatoms. The second-order valence-corrected chi connectivity index (χ2v) is 4.44. The molecule has 0 bridgehead atoms. The number of nitro benzene ring substituents is 1. The lowest BCUT2D eigenvalue weighted by molar-refractivity contribution is -0.384. The Morgan fingerprint density at radius 2 is 2.26 bits per heavy atom. The van der Waals surface area contributed by atoms with Gasteiger partial charge in [-0.15, -0.1) is 0 Å². The van der Waals surface area contributed by atoms with Crippen molar-refractivity contribution in [1.82, 2.24) is 5.32 Å². The second kappa shape index (κ2) is 6.94. The number of hydrogen-bond acceptors (Lipinski definition) is 4. The van der Waals surface area contributed by atoms with E-state index in [1.54, 1.807) is 0 Å². The first kappa shape index (κ1) is 15.2. The molecule has 1 atom stereocenters. The van der Waals surface area contributed by atoms with Crippen molar-refractivity contribution in [2.45, 2.75) is 26.3 Å². The SMILES string of the molecule is CCC(C)NC(=O)COc1ccc([N+](=O)[O-])cc1Cl. The van der Waals surface area contributed by atoms with Crippen molar-refractivity contribution >= 4 is 23.2 Å². The fraction of sp³-hybridized carbons (Fsp3) is 0.417. The summed E-state index contributed by atoms with van der Waals surface area (Å²) in [6.07, 6.45) is 0.823. The molecule has 0 fully saturated rings. The Bertz CT molecular complexity index is 479. The molecule has 0 radical (unpaired) electrons. The zero-order valence-electron chi connectivity index (χ0n) is 10.7. The maximum absolute atomic E-state index is 11.5. The number of halogens is 1. The van der Waals surface area contributed by atoms with Crippen LogP contribution in [-0.4, -0.2) is 23.5 Å². The number of nitrogens with one attached hydrogen (secondary N) is 1. The molecule has 1 aromatic rings. The van der Waals surface area contributed by atoms with Gasteiger partial charge in [0.1, 0.15) is 5.75 Å². The van der Waals surface area contributed by atoms with Crippen molar-refractivity contribution in [1.29, 1.82) is 0 Å². The van der Waals surface area contributed by atoms with E-state index in [-0.39, 0.29) is 35.0 Å². The van der Waals surface area contributed by atoms with Crippen LogP contribution in [0.25, 0.3) is 0 Å². The van der Waals surface area contributed by atoms with E-state index in [1.807, 2.05) is 13.8 Å². The highest BCUT2D eigenvalue weighted by Gasteiger charge is 2.12. The minimum Gasteiger partial charge on any atom is -0.482 e. The van der Waals surface area contributed by atoms with E-state index in [1.165, 1.54) is 18.2 Å². The van der Waals surface area contributed by atoms with Gasteiger partial charge < -0.3 is 10.1 Å². The molecule has 0 saturated heterocycles. The molecule has 0 aliphatic heterocycles. The zero-order chi connectivity index (χ0) is 14.4. The van der Waals surface area contributed by atoms with Gasteiger partial charge in [0.05, 0.1) is 9.95 Å². The van der Waals surface area contributed by atoms with E-state index in [4.69, 9.17) is 16.3 Å². The maximum Gasteiger partial charge on any atom is 0.271 e. The molecule has 1 amide bonds. The molecule has 1 N–H and O–H groups in total. The first-order valence-corrected chi connectivity index (χ1v) is 6.18. The number of nitrogens with zero attached hydrogens (tertiary/aromatic N) is 1. The fourth-order valence-electron chi connectivity index (χ4n) is 1.28. The molecule has 0 spiro atoms. The van der Waals surface area contributed by atoms with E-state index in [0.717, 1.165) is 6.42 Å². The lowest BCUT2D eigenvalue weighted by atomic mass is 10.2. The Kier molecular flexibility index (Phi) is 5.57. The summed E-state index contributed by atoms with van der Waals surface area (Å²) < 4.78 is 5.21. The smallest absolute Gasteiger partial charge is 0.271 e. The molecule has 19 heavy (non-hydrogen) atoms. The highest BCUT2D eigenvalue weighted by Crippen LogP contribution is 2.28. The Hall–Kier alpha value is -1.82. The van der Waals surface area contributed by atoms with Crippen molar-refractivity contribution < 1.29 is 14.5 Å². The van der Waals surface area contributed by atoms with Gasteiger partial charge in [-0.05, 0) is 19.4 Å². The van der Waals surface area contributed by atoms with Gasteiger partial charge in [-0.3, -0.25) is 14.9 Å². The Morgan fingerprint density at radius 3 is 2.79 bits per heavy atom. The molecular weight excluding hydrogens is 272 g/mol. The van der Waals surface area contributed by atoms with Gasteiger partial charge in [0.25, 0.3) is 11.6 Å². The summed E-state index contributed by atoms with van der Waals surface area (Å²) in [5.74, 6) is -0.0182. The number of non-ortho nitro benzene ring substituents is 1. The maximum atomic E-state index is 11.5. The van der Waals surface area contributed by atoms with E-state index in [0.29, 0.717) is 0 Å². The quantitative estimate of drug-likeness (QED) is 0.643. The third-order valence-corrected chi connectivity index (χ3v) is 2.80. The number of carbonyl (C=O) groups is 1. The number of rotatable bonds is 6. The fourth-order valence-corrected chi connectivity index (χ4v) is 1.51. The number of ether oxygens (including phenoxy) is 1. The number of amides is 1. The molecule has 6 nitrogen and oxygen atoms in total. The third-order valence-electron chi connectivity index (χ3n) is 2.50. The predicted octanol–water partition coefficient (Wildman–Crippen LogP) is 2.54. The lowest BCUT2D eigenvalue weighted by Crippen LogP contribution is -2.35. The van der Waals surface area contributed by atoms with E-state index >= 15 is 0 Å². The summed E-state index contributed by atoms with van der Waals surface area (Å²) in [6.45, 7) is 3.66. The van der Waals surface area contributed by atoms with Crippen molar-refractivity contribution in [3.63, 3.8) is 0 Å². The van der Waals surface area contributed by atoms with Gasteiger partial charge in [-0.2, -0.15) is 0 Å². The first-order chi connectivity index (χ1) is 8.93. The molecule has 0 saturated carbocycles. The number of carbonyl (C=O) groups excluding carboxylic acids is 1. The van der Waals surface area contributed by atoms with Gasteiger partial charge in [-0.1, -0.05) is 18.5 Å². The predicted molar refractivity (Wildman–Crippen MR) is 71.5 cm³/mol. The van der Waals surface area contributed by atoms with Crippen LogP contribution in [0.1, 0.15) is 20.3 Å². The van der Waals surface area contributed by atoms with Gasteiger partial charge in [0.15, 0.2) is 6.61 Å². The summed E-state index contributed by atoms with van der Waals surface area (Å²) in [7, 11) is 0. The minimum atomic E-state index is -0.550. The molecule has 1 aromatic carbocycles. The third kappa shape index (κ3) is 4.75. The van der Waals surface area contributed by atoms with Crippen LogP contribution >= 0.6 is 11.6 Å². The molecule has 0 aromatic heterocycles. The largest absolute Gasteiger partial charge is 0.482 e. The molecule has 104 valence electrons. The van der Waals surface area contributed by atoms with Crippen LogP contribution in [0.15, 0.2) is 18.2 Å². The van der Waals surface area contributed by atoms with Crippen molar-refractivity contribution in [3.05, 3.63) is 33.3 Å².